The van der Waals surface area contributed by atoms with Crippen molar-refractivity contribution in [1.82, 2.24) is 9.97 Å². The van der Waals surface area contributed by atoms with Crippen LogP contribution in [0.1, 0.15) is 0 Å². The SMILES string of the molecule is [CH3][Sn]([CH3])([CH3])[c]1ncccn1. The zero-order valence-corrected chi connectivity index (χ0v) is 9.48. The molecule has 0 fully saturated rings. The minimum atomic E-state index is -1.93. The second kappa shape index (κ2) is 2.86. The first kappa shape index (κ1) is 7.98. The van der Waals surface area contributed by atoms with Crippen LogP contribution in [0.25, 0.3) is 0 Å². The summed E-state index contributed by atoms with van der Waals surface area (Å²) in [6, 6.07) is 1.86. The van der Waals surface area contributed by atoms with E-state index in [-0.39, 0.29) is 0 Å². The van der Waals surface area contributed by atoms with E-state index >= 15 is 0 Å². The Kier molecular flexibility index (Phi) is 2.28. The van der Waals surface area contributed by atoms with Gasteiger partial charge in [-0.05, 0) is 0 Å². The maximum atomic E-state index is 4.23. The van der Waals surface area contributed by atoms with Crippen molar-refractivity contribution in [3.8, 4) is 0 Å². The second-order valence-electron chi connectivity index (χ2n) is 3.32. The van der Waals surface area contributed by atoms with Gasteiger partial charge in [0, 0.05) is 0 Å². The van der Waals surface area contributed by atoms with Gasteiger partial charge in [-0.1, -0.05) is 0 Å². The van der Waals surface area contributed by atoms with Gasteiger partial charge in [0.05, 0.1) is 0 Å². The molecule has 0 amide bonds. The number of hydrogen-bond donors (Lipinski definition) is 0. The fourth-order valence-electron chi connectivity index (χ4n) is 0.686. The molecule has 1 rings (SSSR count). The van der Waals surface area contributed by atoms with Crippen LogP contribution in [0.4, 0.5) is 0 Å². The van der Waals surface area contributed by atoms with Crippen molar-refractivity contribution in [2.45, 2.75) is 14.8 Å². The third kappa shape index (κ3) is 1.94. The van der Waals surface area contributed by atoms with Crippen LogP contribution in [0.2, 0.25) is 14.8 Å². The monoisotopic (exact) mass is 244 g/mol. The Morgan fingerprint density at radius 1 is 1.10 bits per heavy atom. The molecule has 0 spiro atoms. The Balaban J connectivity index is 2.97. The summed E-state index contributed by atoms with van der Waals surface area (Å²) in [6.45, 7) is 0. The molecule has 0 aromatic carbocycles. The van der Waals surface area contributed by atoms with Gasteiger partial charge in [-0.25, -0.2) is 0 Å². The molecule has 10 heavy (non-hydrogen) atoms. The van der Waals surface area contributed by atoms with Gasteiger partial charge in [-0.3, -0.25) is 0 Å². The summed E-state index contributed by atoms with van der Waals surface area (Å²) in [4.78, 5) is 15.4. The number of nitrogens with zero attached hydrogens (tertiary/aromatic N) is 2. The maximum absolute atomic E-state index is 4.23. The first-order valence-electron chi connectivity index (χ1n) is 3.38. The van der Waals surface area contributed by atoms with Crippen LogP contribution in [-0.2, 0) is 0 Å². The second-order valence-corrected chi connectivity index (χ2v) is 17.4. The number of aromatic nitrogens is 2. The van der Waals surface area contributed by atoms with Gasteiger partial charge in [-0.2, -0.15) is 0 Å². The van der Waals surface area contributed by atoms with Crippen LogP contribution >= 0.6 is 0 Å². The summed E-state index contributed by atoms with van der Waals surface area (Å²) >= 11 is -1.93. The van der Waals surface area contributed by atoms with Crippen molar-refractivity contribution < 1.29 is 0 Å². The predicted octanol–water partition coefficient (Wildman–Crippen LogP) is 1.02. The molecule has 3 heteroatoms. The summed E-state index contributed by atoms with van der Waals surface area (Å²) in [7, 11) is 0. The standard InChI is InChI=1S/C4H3N2.3CH3.Sn/c1-2-5-4-6-3-1;;;;/h1-3H;3*1H3;. The molecule has 0 unspecified atom stereocenters. The Morgan fingerprint density at radius 2 is 1.60 bits per heavy atom. The van der Waals surface area contributed by atoms with Crippen LogP contribution < -0.4 is 3.84 Å². The van der Waals surface area contributed by atoms with Crippen molar-refractivity contribution in [3.05, 3.63) is 18.5 Å². The average molecular weight is 243 g/mol. The van der Waals surface area contributed by atoms with Crippen molar-refractivity contribution in [3.63, 3.8) is 0 Å². The topological polar surface area (TPSA) is 25.8 Å². The van der Waals surface area contributed by atoms with Gasteiger partial charge in [0.1, 0.15) is 0 Å². The van der Waals surface area contributed by atoms with Crippen LogP contribution in [0.15, 0.2) is 18.5 Å². The van der Waals surface area contributed by atoms with Crippen molar-refractivity contribution >= 4 is 22.2 Å². The molecule has 0 radical (unpaired) electrons. The fraction of sp³-hybridized carbons (Fsp3) is 0.429. The molecule has 0 aliphatic heterocycles. The predicted molar refractivity (Wildman–Crippen MR) is 45.0 cm³/mol. The van der Waals surface area contributed by atoms with Gasteiger partial charge in [0.2, 0.25) is 0 Å². The van der Waals surface area contributed by atoms with Crippen molar-refractivity contribution in [2.75, 3.05) is 0 Å². The van der Waals surface area contributed by atoms with Crippen molar-refractivity contribution in [2.24, 2.45) is 0 Å². The summed E-state index contributed by atoms with van der Waals surface area (Å²) in [5.41, 5.74) is 0. The van der Waals surface area contributed by atoms with E-state index in [4.69, 9.17) is 0 Å². The Labute approximate surface area is 65.6 Å². The summed E-state index contributed by atoms with van der Waals surface area (Å²) in [5, 5.41) is 0. The van der Waals surface area contributed by atoms with Gasteiger partial charge >= 0.3 is 65.5 Å². The van der Waals surface area contributed by atoms with E-state index < -0.39 is 18.4 Å². The molecular formula is C7H12N2Sn. The summed E-state index contributed by atoms with van der Waals surface area (Å²) in [5.74, 6) is 0. The molecule has 0 bridgehead atoms. The van der Waals surface area contributed by atoms with E-state index in [1.165, 1.54) is 0 Å². The summed E-state index contributed by atoms with van der Waals surface area (Å²) < 4.78 is 1.11. The molecule has 0 aliphatic carbocycles. The Morgan fingerprint density at radius 3 is 1.90 bits per heavy atom. The molecule has 1 heterocycles. The molecule has 1 aromatic heterocycles. The number of rotatable bonds is 1. The van der Waals surface area contributed by atoms with Crippen LogP contribution in [0.5, 0.6) is 0 Å². The van der Waals surface area contributed by atoms with Gasteiger partial charge in [0.15, 0.2) is 0 Å². The third-order valence-electron chi connectivity index (χ3n) is 1.24. The van der Waals surface area contributed by atoms with Crippen LogP contribution in [-0.4, -0.2) is 28.3 Å². The first-order valence-corrected chi connectivity index (χ1v) is 13.4. The first-order chi connectivity index (χ1) is 4.61. The van der Waals surface area contributed by atoms with E-state index in [1.807, 2.05) is 18.5 Å². The fourth-order valence-corrected chi connectivity index (χ4v) is 3.32. The van der Waals surface area contributed by atoms with E-state index in [0.29, 0.717) is 0 Å². The summed E-state index contributed by atoms with van der Waals surface area (Å²) in [6.07, 6.45) is 3.65. The molecular weight excluding hydrogens is 231 g/mol. The van der Waals surface area contributed by atoms with E-state index in [9.17, 15) is 0 Å². The average Bonchev–Trinajstić information content (AvgIpc) is 1.88. The zero-order valence-electron chi connectivity index (χ0n) is 6.63. The quantitative estimate of drug-likeness (QED) is 0.688. The zero-order chi connectivity index (χ0) is 7.61. The van der Waals surface area contributed by atoms with E-state index in [0.717, 1.165) is 3.84 Å². The van der Waals surface area contributed by atoms with Gasteiger partial charge in [-0.15, -0.1) is 0 Å². The molecule has 0 atom stereocenters. The van der Waals surface area contributed by atoms with Crippen molar-refractivity contribution in [1.29, 1.82) is 0 Å². The molecule has 54 valence electrons. The number of hydrogen-bond acceptors (Lipinski definition) is 2. The van der Waals surface area contributed by atoms with E-state index in [2.05, 4.69) is 24.8 Å². The van der Waals surface area contributed by atoms with E-state index in [1.54, 1.807) is 0 Å². The van der Waals surface area contributed by atoms with Crippen LogP contribution in [0, 0.1) is 0 Å². The molecule has 1 aromatic rings. The molecule has 0 aliphatic rings. The third-order valence-corrected chi connectivity index (χ3v) is 5.80. The normalized spacial score (nSPS) is 11.5. The van der Waals surface area contributed by atoms with Gasteiger partial charge < -0.3 is 0 Å². The molecule has 2 nitrogen and oxygen atoms in total. The molecule has 0 N–H and O–H groups in total. The molecule has 0 saturated heterocycles. The van der Waals surface area contributed by atoms with Gasteiger partial charge in [0.25, 0.3) is 0 Å². The molecule has 0 saturated carbocycles. The minimum absolute atomic E-state index is 1.11. The Hall–Kier alpha value is -0.121. The van der Waals surface area contributed by atoms with Crippen LogP contribution in [0.3, 0.4) is 0 Å². The Bertz CT molecular complexity index is 203.